The highest BCUT2D eigenvalue weighted by Gasteiger charge is 2.26. The van der Waals surface area contributed by atoms with Gasteiger partial charge in [0.1, 0.15) is 10.8 Å². The van der Waals surface area contributed by atoms with Crippen molar-refractivity contribution in [3.05, 3.63) is 87.9 Å². The van der Waals surface area contributed by atoms with E-state index in [2.05, 4.69) is 25.8 Å². The number of hydrogen-bond acceptors (Lipinski definition) is 9. The lowest BCUT2D eigenvalue weighted by molar-refractivity contribution is -0.154. The number of ether oxygens (including phenoxy) is 1. The average Bonchev–Trinajstić information content (AvgIpc) is 3.43. The molecule has 3 aromatic rings. The molecule has 3 N–H and O–H groups in total. The Kier molecular flexibility index (Phi) is 13.7. The third-order valence-corrected chi connectivity index (χ3v) is 7.21. The van der Waals surface area contributed by atoms with Crippen LogP contribution in [0, 0.1) is 5.41 Å². The smallest absolute Gasteiger partial charge is 0.306 e. The van der Waals surface area contributed by atoms with Gasteiger partial charge in [-0.05, 0) is 55.5 Å². The van der Waals surface area contributed by atoms with Gasteiger partial charge in [0.25, 0.3) is 5.91 Å². The number of carbonyl (C=O) groups excluding carboxylic acids is 3. The first-order valence-electron chi connectivity index (χ1n) is 13.9. The second kappa shape index (κ2) is 17.7. The van der Waals surface area contributed by atoms with Gasteiger partial charge in [0.15, 0.2) is 0 Å². The van der Waals surface area contributed by atoms with E-state index in [-0.39, 0.29) is 24.6 Å². The van der Waals surface area contributed by atoms with E-state index in [0.29, 0.717) is 35.0 Å². The van der Waals surface area contributed by atoms with Crippen LogP contribution in [0.15, 0.2) is 71.7 Å². The Bertz CT molecular complexity index is 1460. The van der Waals surface area contributed by atoms with E-state index >= 15 is 0 Å². The molecular weight excluding hydrogens is 588 g/mol. The number of hydrogen-bond donors (Lipinski definition) is 3. The normalized spacial score (nSPS) is 12.1. The van der Waals surface area contributed by atoms with Gasteiger partial charge in [-0.1, -0.05) is 72.3 Å². The zero-order chi connectivity index (χ0) is 31.0. The number of rotatable bonds is 15. The molecule has 43 heavy (non-hydrogen) atoms. The van der Waals surface area contributed by atoms with Gasteiger partial charge in [-0.15, -0.1) is 10.2 Å². The van der Waals surface area contributed by atoms with E-state index in [4.69, 9.17) is 21.7 Å². The van der Waals surface area contributed by atoms with Crippen molar-refractivity contribution in [1.82, 2.24) is 15.5 Å². The number of esters is 1. The standard InChI is InChI=1S/C31H35ClN6O4S/c1-3-10-28(40)42-29(22-13-9-14-23(32)20-22)30(41)36-31-38-37-27(43-31)16-8-7-15-24(34-2)17-18-25(33)35-26(39)19-21-11-5-4-6-12-21/h4-6,9,11-14,17-18,20,29H,3,7-8,10,15-16,19H2,1-2H3,(H2,33,35,39)(H,36,38,41)/b18-17-,34-24?. The van der Waals surface area contributed by atoms with Crippen LogP contribution in [0.1, 0.15) is 61.3 Å². The van der Waals surface area contributed by atoms with Crippen molar-refractivity contribution in [2.45, 2.75) is 58.0 Å². The first-order chi connectivity index (χ1) is 20.8. The van der Waals surface area contributed by atoms with Crippen LogP contribution in [0.4, 0.5) is 5.13 Å². The van der Waals surface area contributed by atoms with Gasteiger partial charge in [-0.2, -0.15) is 0 Å². The van der Waals surface area contributed by atoms with Gasteiger partial charge in [0.2, 0.25) is 17.1 Å². The molecule has 0 saturated carbocycles. The number of halogens is 1. The summed E-state index contributed by atoms with van der Waals surface area (Å²) in [7, 11) is 1.69. The van der Waals surface area contributed by atoms with Crippen molar-refractivity contribution < 1.29 is 19.1 Å². The highest BCUT2D eigenvalue weighted by atomic mass is 35.5. The van der Waals surface area contributed by atoms with Crippen LogP contribution in [0.2, 0.25) is 5.02 Å². The van der Waals surface area contributed by atoms with Crippen molar-refractivity contribution >= 4 is 57.4 Å². The maximum absolute atomic E-state index is 13.0. The van der Waals surface area contributed by atoms with Crippen LogP contribution in [-0.2, 0) is 32.0 Å². The fourth-order valence-electron chi connectivity index (χ4n) is 3.96. The van der Waals surface area contributed by atoms with E-state index in [0.717, 1.165) is 29.1 Å². The Hall–Kier alpha value is -4.22. The molecule has 3 rings (SSSR count). The molecule has 0 aliphatic rings. The number of amides is 2. The summed E-state index contributed by atoms with van der Waals surface area (Å²) in [6.07, 6.45) is 6.06. The number of nitrogens with one attached hydrogen (secondary N) is 3. The van der Waals surface area contributed by atoms with Gasteiger partial charge in [0, 0.05) is 36.2 Å². The minimum atomic E-state index is -1.16. The zero-order valence-electron chi connectivity index (χ0n) is 24.1. The second-order valence-electron chi connectivity index (χ2n) is 9.54. The van der Waals surface area contributed by atoms with Crippen LogP contribution >= 0.6 is 22.9 Å². The third kappa shape index (κ3) is 11.9. The first-order valence-corrected chi connectivity index (χ1v) is 15.1. The number of amidine groups is 1. The Morgan fingerprint density at radius 1 is 1.07 bits per heavy atom. The Morgan fingerprint density at radius 3 is 2.58 bits per heavy atom. The molecule has 0 fully saturated rings. The van der Waals surface area contributed by atoms with Gasteiger partial charge >= 0.3 is 5.97 Å². The van der Waals surface area contributed by atoms with Crippen LogP contribution in [0.5, 0.6) is 0 Å². The lowest BCUT2D eigenvalue weighted by Crippen LogP contribution is -2.29. The molecule has 0 spiro atoms. The molecule has 1 aromatic heterocycles. The second-order valence-corrected chi connectivity index (χ2v) is 11.0. The quantitative estimate of drug-likeness (QED) is 0.0833. The van der Waals surface area contributed by atoms with Gasteiger partial charge in [-0.25, -0.2) is 0 Å². The summed E-state index contributed by atoms with van der Waals surface area (Å²) in [5.41, 5.74) is 2.15. The summed E-state index contributed by atoms with van der Waals surface area (Å²) < 4.78 is 5.46. The number of unbranched alkanes of at least 4 members (excludes halogenated alkanes) is 1. The van der Waals surface area contributed by atoms with Crippen LogP contribution in [-0.4, -0.2) is 46.6 Å². The topological polar surface area (TPSA) is 146 Å². The molecule has 0 aliphatic carbocycles. The molecule has 1 atom stereocenters. The van der Waals surface area contributed by atoms with Crippen molar-refractivity contribution in [3.63, 3.8) is 0 Å². The number of allylic oxidation sites excluding steroid dienone is 1. The summed E-state index contributed by atoms with van der Waals surface area (Å²) in [5, 5.41) is 23.0. The SMILES string of the molecule is CCCC(=O)OC(C(=O)Nc1nnc(CCCCC(/C=C\C(=N)NC(=O)Cc2ccccc2)=NC)s1)c1cccc(Cl)c1. The Morgan fingerprint density at radius 2 is 1.86 bits per heavy atom. The molecule has 1 heterocycles. The molecule has 0 bridgehead atoms. The number of carbonyl (C=O) groups is 3. The summed E-state index contributed by atoms with van der Waals surface area (Å²) >= 11 is 7.35. The number of aromatic nitrogens is 2. The third-order valence-electron chi connectivity index (χ3n) is 6.07. The average molecular weight is 623 g/mol. The minimum absolute atomic E-state index is 0.00301. The van der Waals surface area contributed by atoms with Crippen molar-refractivity contribution in [3.8, 4) is 0 Å². The van der Waals surface area contributed by atoms with E-state index in [1.165, 1.54) is 17.4 Å². The molecule has 0 saturated heterocycles. The molecule has 0 radical (unpaired) electrons. The van der Waals surface area contributed by atoms with Crippen molar-refractivity contribution in [1.29, 1.82) is 5.41 Å². The van der Waals surface area contributed by atoms with Gasteiger partial charge in [-0.3, -0.25) is 30.1 Å². The van der Waals surface area contributed by atoms with Crippen LogP contribution < -0.4 is 10.6 Å². The summed E-state index contributed by atoms with van der Waals surface area (Å²) in [5.74, 6) is -1.26. The van der Waals surface area contributed by atoms with Gasteiger partial charge < -0.3 is 10.1 Å². The monoisotopic (exact) mass is 622 g/mol. The molecule has 1 unspecified atom stereocenters. The number of aryl methyl sites for hydroxylation is 1. The summed E-state index contributed by atoms with van der Waals surface area (Å²) in [4.78, 5) is 41.6. The lowest BCUT2D eigenvalue weighted by Gasteiger charge is -2.17. The molecule has 12 heteroatoms. The molecular formula is C31H35ClN6O4S. The zero-order valence-corrected chi connectivity index (χ0v) is 25.7. The van der Waals surface area contributed by atoms with Crippen LogP contribution in [0.3, 0.4) is 0 Å². The van der Waals surface area contributed by atoms with Crippen LogP contribution in [0.25, 0.3) is 0 Å². The van der Waals surface area contributed by atoms with E-state index in [1.54, 1.807) is 37.4 Å². The Balaban J connectivity index is 1.45. The van der Waals surface area contributed by atoms with Gasteiger partial charge in [0.05, 0.1) is 6.42 Å². The van der Waals surface area contributed by atoms with E-state index in [9.17, 15) is 14.4 Å². The highest BCUT2D eigenvalue weighted by Crippen LogP contribution is 2.25. The van der Waals surface area contributed by atoms with E-state index in [1.807, 2.05) is 37.3 Å². The predicted octanol–water partition coefficient (Wildman–Crippen LogP) is 5.89. The number of nitrogens with zero attached hydrogens (tertiary/aromatic N) is 3. The molecule has 2 aromatic carbocycles. The molecule has 10 nitrogen and oxygen atoms in total. The molecule has 2 amide bonds. The fraction of sp³-hybridized carbons (Fsp3) is 0.323. The highest BCUT2D eigenvalue weighted by molar-refractivity contribution is 7.15. The number of aliphatic imine (C=N–C) groups is 1. The first kappa shape index (κ1) is 33.3. The summed E-state index contributed by atoms with van der Waals surface area (Å²) in [6.45, 7) is 1.85. The maximum Gasteiger partial charge on any atom is 0.306 e. The molecule has 226 valence electrons. The number of anilines is 1. The largest absolute Gasteiger partial charge is 0.447 e. The minimum Gasteiger partial charge on any atom is -0.447 e. The van der Waals surface area contributed by atoms with Crippen molar-refractivity contribution in [2.75, 3.05) is 12.4 Å². The van der Waals surface area contributed by atoms with E-state index < -0.39 is 18.0 Å². The molecule has 0 aliphatic heterocycles. The Labute approximate surface area is 260 Å². The lowest BCUT2D eigenvalue weighted by atomic mass is 10.1. The fourth-order valence-corrected chi connectivity index (χ4v) is 4.95. The summed E-state index contributed by atoms with van der Waals surface area (Å²) in [6, 6.07) is 16.0. The number of benzene rings is 2. The van der Waals surface area contributed by atoms with Crippen molar-refractivity contribution in [2.24, 2.45) is 4.99 Å². The maximum atomic E-state index is 13.0. The predicted molar refractivity (Wildman–Crippen MR) is 170 cm³/mol.